The summed E-state index contributed by atoms with van der Waals surface area (Å²) in [4.78, 5) is 21.4. The summed E-state index contributed by atoms with van der Waals surface area (Å²) in [5.41, 5.74) is 4.04. The van der Waals surface area contributed by atoms with Crippen molar-refractivity contribution >= 4 is 39.1 Å². The number of fused-ring (bicyclic) bond motifs is 3. The van der Waals surface area contributed by atoms with Crippen LogP contribution in [0.15, 0.2) is 89.0 Å². The first-order valence-electron chi connectivity index (χ1n) is 11.5. The number of benzene rings is 3. The van der Waals surface area contributed by atoms with Crippen LogP contribution in [-0.4, -0.2) is 37.2 Å². The molecule has 3 aromatic carbocycles. The van der Waals surface area contributed by atoms with E-state index in [4.69, 9.17) is 4.74 Å². The number of carbonyl (C=O) groups excluding carboxylic acids is 1. The van der Waals surface area contributed by atoms with Crippen LogP contribution in [0, 0.1) is 6.92 Å². The second-order valence-electron chi connectivity index (χ2n) is 8.40. The summed E-state index contributed by atoms with van der Waals surface area (Å²) in [5, 5.41) is 3.21. The lowest BCUT2D eigenvalue weighted by molar-refractivity contribution is -0.113. The summed E-state index contributed by atoms with van der Waals surface area (Å²) < 4.78 is 34.0. The number of sulfonamides is 1. The van der Waals surface area contributed by atoms with E-state index in [1.807, 2.05) is 67.6 Å². The van der Waals surface area contributed by atoms with Gasteiger partial charge in [-0.05, 0) is 42.3 Å². The van der Waals surface area contributed by atoms with Crippen molar-refractivity contribution in [1.82, 2.24) is 9.97 Å². The van der Waals surface area contributed by atoms with Gasteiger partial charge in [-0.25, -0.2) is 18.4 Å². The highest BCUT2D eigenvalue weighted by atomic mass is 32.2. The maximum Gasteiger partial charge on any atom is 0.268 e. The van der Waals surface area contributed by atoms with Crippen LogP contribution in [0.2, 0.25) is 0 Å². The van der Waals surface area contributed by atoms with Crippen LogP contribution in [0.4, 0.5) is 11.4 Å². The molecule has 0 bridgehead atoms. The van der Waals surface area contributed by atoms with Gasteiger partial charge in [0, 0.05) is 11.3 Å². The van der Waals surface area contributed by atoms with Crippen molar-refractivity contribution in [2.24, 2.45) is 0 Å². The normalized spacial score (nSPS) is 13.4. The number of nitrogens with one attached hydrogen (secondary N) is 1. The molecule has 1 N–H and O–H groups in total. The molecule has 5 rings (SSSR count). The van der Waals surface area contributed by atoms with E-state index in [0.717, 1.165) is 28.6 Å². The molecule has 0 aliphatic carbocycles. The minimum Gasteiger partial charge on any atom is -0.497 e. The summed E-state index contributed by atoms with van der Waals surface area (Å²) in [6, 6.07) is 22.1. The topological polar surface area (TPSA) is 101 Å². The van der Waals surface area contributed by atoms with Crippen LogP contribution in [0.3, 0.4) is 0 Å². The van der Waals surface area contributed by atoms with Crippen molar-refractivity contribution in [2.75, 3.05) is 22.5 Å². The molecule has 0 fully saturated rings. The highest BCUT2D eigenvalue weighted by Gasteiger charge is 2.36. The van der Waals surface area contributed by atoms with Gasteiger partial charge in [0.1, 0.15) is 10.6 Å². The van der Waals surface area contributed by atoms with E-state index in [1.165, 1.54) is 10.5 Å². The second-order valence-corrected chi connectivity index (χ2v) is 11.2. The maximum atomic E-state index is 13.7. The Morgan fingerprint density at radius 3 is 2.65 bits per heavy atom. The molecule has 1 aliphatic heterocycles. The second kappa shape index (κ2) is 10.2. The number of amides is 1. The predicted octanol–water partition coefficient (Wildman–Crippen LogP) is 4.90. The number of aromatic nitrogens is 2. The zero-order chi connectivity index (χ0) is 26.0. The lowest BCUT2D eigenvalue weighted by atomic mass is 10.1. The molecule has 0 unspecified atom stereocenters. The molecule has 0 saturated heterocycles. The first-order valence-corrected chi connectivity index (χ1v) is 13.9. The van der Waals surface area contributed by atoms with Crippen LogP contribution >= 0.6 is 11.8 Å². The average Bonchev–Trinajstić information content (AvgIpc) is 2.91. The summed E-state index contributed by atoms with van der Waals surface area (Å²) in [7, 11) is -2.36. The number of aryl methyl sites for hydroxylation is 1. The molecule has 0 atom stereocenters. The molecule has 1 amide bonds. The van der Waals surface area contributed by atoms with Crippen molar-refractivity contribution in [3.8, 4) is 17.0 Å². The minimum absolute atomic E-state index is 0.0304. The number of carbonyl (C=O) groups is 1. The Labute approximate surface area is 219 Å². The van der Waals surface area contributed by atoms with Crippen LogP contribution in [-0.2, 0) is 21.4 Å². The number of thioether (sulfide) groups is 1. The number of para-hydroxylation sites is 2. The van der Waals surface area contributed by atoms with Gasteiger partial charge in [0.05, 0.1) is 37.0 Å². The fourth-order valence-corrected chi connectivity index (χ4v) is 6.26. The van der Waals surface area contributed by atoms with Gasteiger partial charge >= 0.3 is 0 Å². The molecule has 1 aliphatic rings. The Kier molecular flexibility index (Phi) is 6.86. The largest absolute Gasteiger partial charge is 0.497 e. The molecule has 188 valence electrons. The van der Waals surface area contributed by atoms with E-state index < -0.39 is 10.0 Å². The van der Waals surface area contributed by atoms with Crippen LogP contribution < -0.4 is 14.4 Å². The number of ether oxygens (including phenoxy) is 1. The Morgan fingerprint density at radius 1 is 1.05 bits per heavy atom. The number of methoxy groups -OCH3 is 1. The fourth-order valence-electron chi connectivity index (χ4n) is 4.08. The molecule has 10 heteroatoms. The Balaban J connectivity index is 1.42. The number of hydrogen-bond acceptors (Lipinski definition) is 7. The first kappa shape index (κ1) is 24.8. The molecule has 37 heavy (non-hydrogen) atoms. The van der Waals surface area contributed by atoms with E-state index in [9.17, 15) is 13.2 Å². The van der Waals surface area contributed by atoms with Gasteiger partial charge in [-0.1, -0.05) is 60.3 Å². The monoisotopic (exact) mass is 532 g/mol. The fraction of sp³-hybridized carbons (Fsp3) is 0.148. The van der Waals surface area contributed by atoms with Gasteiger partial charge < -0.3 is 10.1 Å². The van der Waals surface area contributed by atoms with Gasteiger partial charge in [0.25, 0.3) is 10.0 Å². The van der Waals surface area contributed by atoms with E-state index in [1.54, 1.807) is 19.2 Å². The van der Waals surface area contributed by atoms with Gasteiger partial charge in [0.2, 0.25) is 5.91 Å². The van der Waals surface area contributed by atoms with E-state index >= 15 is 0 Å². The Hall–Kier alpha value is -3.89. The van der Waals surface area contributed by atoms with E-state index in [0.29, 0.717) is 27.9 Å². The third-order valence-electron chi connectivity index (χ3n) is 5.94. The SMILES string of the molecule is COc1cccc(CN2c3ccccc3-c3nc(SCC(=O)Nc4ccccc4C)ncc3S2(=O)=O)c1. The third kappa shape index (κ3) is 5.03. The van der Waals surface area contributed by atoms with Crippen LogP contribution in [0.5, 0.6) is 5.75 Å². The molecule has 0 radical (unpaired) electrons. The average molecular weight is 533 g/mol. The molecule has 1 aromatic heterocycles. The third-order valence-corrected chi connectivity index (χ3v) is 8.56. The van der Waals surface area contributed by atoms with Gasteiger partial charge in [-0.2, -0.15) is 0 Å². The predicted molar refractivity (Wildman–Crippen MR) is 144 cm³/mol. The van der Waals surface area contributed by atoms with Crippen molar-refractivity contribution in [3.63, 3.8) is 0 Å². The first-order chi connectivity index (χ1) is 17.9. The molecular weight excluding hydrogens is 508 g/mol. The van der Waals surface area contributed by atoms with Crippen molar-refractivity contribution < 1.29 is 17.9 Å². The maximum absolute atomic E-state index is 13.7. The van der Waals surface area contributed by atoms with Crippen molar-refractivity contribution in [1.29, 1.82) is 0 Å². The molecule has 0 spiro atoms. The summed E-state index contributed by atoms with van der Waals surface area (Å²) in [5.74, 6) is 0.541. The van der Waals surface area contributed by atoms with E-state index in [2.05, 4.69) is 15.3 Å². The number of anilines is 2. The summed E-state index contributed by atoms with van der Waals surface area (Å²) in [6.07, 6.45) is 1.33. The Bertz CT molecular complexity index is 1590. The quantitative estimate of drug-likeness (QED) is 0.267. The summed E-state index contributed by atoms with van der Waals surface area (Å²) in [6.45, 7) is 2.05. The molecule has 4 aromatic rings. The van der Waals surface area contributed by atoms with Gasteiger partial charge in [-0.3, -0.25) is 9.10 Å². The minimum atomic E-state index is -3.93. The zero-order valence-corrected chi connectivity index (χ0v) is 21.8. The molecule has 0 saturated carbocycles. The highest BCUT2D eigenvalue weighted by Crippen LogP contribution is 2.43. The van der Waals surface area contributed by atoms with Crippen LogP contribution in [0.25, 0.3) is 11.3 Å². The number of hydrogen-bond donors (Lipinski definition) is 1. The summed E-state index contributed by atoms with van der Waals surface area (Å²) >= 11 is 1.15. The molecule has 8 nitrogen and oxygen atoms in total. The van der Waals surface area contributed by atoms with Gasteiger partial charge in [-0.15, -0.1) is 0 Å². The lowest BCUT2D eigenvalue weighted by Crippen LogP contribution is -2.34. The van der Waals surface area contributed by atoms with Crippen LogP contribution in [0.1, 0.15) is 11.1 Å². The van der Waals surface area contributed by atoms with E-state index in [-0.39, 0.29) is 23.1 Å². The molecule has 2 heterocycles. The van der Waals surface area contributed by atoms with Crippen molar-refractivity contribution in [2.45, 2.75) is 23.5 Å². The highest BCUT2D eigenvalue weighted by molar-refractivity contribution is 7.99. The lowest BCUT2D eigenvalue weighted by Gasteiger charge is -2.31. The zero-order valence-electron chi connectivity index (χ0n) is 20.2. The number of rotatable bonds is 7. The van der Waals surface area contributed by atoms with Gasteiger partial charge in [0.15, 0.2) is 5.16 Å². The molecular formula is C27H24N4O4S2. The Morgan fingerprint density at radius 2 is 1.84 bits per heavy atom. The smallest absolute Gasteiger partial charge is 0.268 e. The number of nitrogens with zero attached hydrogens (tertiary/aromatic N) is 3. The van der Waals surface area contributed by atoms with Crippen molar-refractivity contribution in [3.05, 3.63) is 90.1 Å². The standard InChI is InChI=1S/C27H24N4O4S2/c1-18-8-3-5-12-22(18)29-25(32)17-36-27-28-15-24-26(30-27)21-11-4-6-13-23(21)31(37(24,33)34)16-19-9-7-10-20(14-19)35-2/h3-15H,16-17H2,1-2H3,(H,29,32).